The molecule has 0 saturated carbocycles. The number of benzene rings is 9. The topological polar surface area (TPSA) is 25.8 Å². The second-order valence-corrected chi connectivity index (χ2v) is 16.2. The largest absolute Gasteiger partial charge is 0.228 e. The van der Waals surface area contributed by atoms with Crippen molar-refractivity contribution in [1.29, 1.82) is 0 Å². The zero-order chi connectivity index (χ0) is 39.5. The molecule has 0 spiro atoms. The third-order valence-electron chi connectivity index (χ3n) is 12.3. The minimum atomic E-state index is -0.0960. The summed E-state index contributed by atoms with van der Waals surface area (Å²) in [6, 6.07) is 74.4. The van der Waals surface area contributed by atoms with E-state index in [0.717, 1.165) is 33.5 Å². The number of hydrogen-bond donors (Lipinski definition) is 0. The molecule has 1 heterocycles. The molecule has 10 aromatic rings. The van der Waals surface area contributed by atoms with Crippen LogP contribution in [0.2, 0.25) is 0 Å². The van der Waals surface area contributed by atoms with Gasteiger partial charge in [-0.15, -0.1) is 0 Å². The molecule has 2 heteroatoms. The highest BCUT2D eigenvalue weighted by atomic mass is 14.9. The summed E-state index contributed by atoms with van der Waals surface area (Å²) in [4.78, 5) is 10.4. The Labute approximate surface area is 345 Å². The Morgan fingerprint density at radius 2 is 0.864 bits per heavy atom. The van der Waals surface area contributed by atoms with E-state index in [2.05, 4.69) is 202 Å². The van der Waals surface area contributed by atoms with Gasteiger partial charge in [0.2, 0.25) is 0 Å². The Balaban J connectivity index is 1.03. The van der Waals surface area contributed by atoms with Crippen LogP contribution in [-0.4, -0.2) is 9.97 Å². The van der Waals surface area contributed by atoms with Crippen LogP contribution in [0.25, 0.3) is 100.0 Å². The van der Waals surface area contributed by atoms with Crippen molar-refractivity contribution in [3.8, 4) is 78.4 Å². The molecule has 0 radical (unpaired) electrons. The smallest absolute Gasteiger partial charge is 0.160 e. The van der Waals surface area contributed by atoms with Gasteiger partial charge in [0.25, 0.3) is 0 Å². The van der Waals surface area contributed by atoms with Crippen LogP contribution in [0, 0.1) is 0 Å². The van der Waals surface area contributed by atoms with Gasteiger partial charge >= 0.3 is 0 Å². The number of rotatable bonds is 6. The van der Waals surface area contributed by atoms with Crippen LogP contribution in [0.3, 0.4) is 0 Å². The molecule has 1 aromatic heterocycles. The van der Waals surface area contributed by atoms with Gasteiger partial charge in [0.15, 0.2) is 5.82 Å². The number of nitrogens with zero attached hydrogens (tertiary/aromatic N) is 2. The first-order chi connectivity index (χ1) is 29.0. The van der Waals surface area contributed by atoms with Crippen LogP contribution >= 0.6 is 0 Å². The first-order valence-electron chi connectivity index (χ1n) is 20.4. The molecule has 11 rings (SSSR count). The fraction of sp³-hybridized carbons (Fsp3) is 0.0526. The van der Waals surface area contributed by atoms with E-state index in [4.69, 9.17) is 9.97 Å². The van der Waals surface area contributed by atoms with Gasteiger partial charge < -0.3 is 0 Å². The van der Waals surface area contributed by atoms with Crippen molar-refractivity contribution < 1.29 is 0 Å². The van der Waals surface area contributed by atoms with Gasteiger partial charge in [-0.3, -0.25) is 0 Å². The maximum Gasteiger partial charge on any atom is 0.160 e. The second kappa shape index (κ2) is 13.9. The highest BCUT2D eigenvalue weighted by Crippen LogP contribution is 2.53. The van der Waals surface area contributed by atoms with E-state index >= 15 is 0 Å². The summed E-state index contributed by atoms with van der Waals surface area (Å²) in [5, 5.41) is 4.91. The summed E-state index contributed by atoms with van der Waals surface area (Å²) >= 11 is 0. The molecule has 0 amide bonds. The molecular formula is C57H40N2. The zero-order valence-corrected chi connectivity index (χ0v) is 33.0. The first kappa shape index (κ1) is 34.8. The lowest BCUT2D eigenvalue weighted by Gasteiger charge is -2.22. The minimum absolute atomic E-state index is 0.0960. The molecule has 0 N–H and O–H groups in total. The molecule has 0 fully saturated rings. The molecule has 1 aliphatic carbocycles. The van der Waals surface area contributed by atoms with Gasteiger partial charge in [0.05, 0.1) is 11.4 Å². The van der Waals surface area contributed by atoms with Gasteiger partial charge in [-0.05, 0) is 101 Å². The van der Waals surface area contributed by atoms with Crippen molar-refractivity contribution >= 4 is 21.5 Å². The standard InChI is InChI=1S/C57H40N2/c1-57(2)51-26-14-25-46(55(51)50-34-41-19-9-10-20-42(41)35-52(50)57)44-22-13-21-43(33-44)45-31-32-49(48-24-12-11-23-47(45)48)54-36-53(58-56(59-54)40-17-7-4-8-18-40)39-29-27-38(28-30-39)37-15-5-3-6-16-37/h3-36H,1-2H3. The predicted octanol–water partition coefficient (Wildman–Crippen LogP) is 15.1. The maximum atomic E-state index is 5.24. The fourth-order valence-corrected chi connectivity index (χ4v) is 9.26. The summed E-state index contributed by atoms with van der Waals surface area (Å²) in [5.41, 5.74) is 17.5. The predicted molar refractivity (Wildman–Crippen MR) is 247 cm³/mol. The molecule has 59 heavy (non-hydrogen) atoms. The molecule has 1 aliphatic rings. The van der Waals surface area contributed by atoms with Crippen molar-refractivity contribution in [2.75, 3.05) is 0 Å². The molecule has 0 saturated heterocycles. The lowest BCUT2D eigenvalue weighted by atomic mass is 9.81. The molecule has 2 nitrogen and oxygen atoms in total. The quantitative estimate of drug-likeness (QED) is 0.169. The summed E-state index contributed by atoms with van der Waals surface area (Å²) < 4.78 is 0. The molecule has 278 valence electrons. The molecule has 0 atom stereocenters. The second-order valence-electron chi connectivity index (χ2n) is 16.2. The molecule has 9 aromatic carbocycles. The van der Waals surface area contributed by atoms with Gasteiger partial charge in [0, 0.05) is 22.1 Å². The summed E-state index contributed by atoms with van der Waals surface area (Å²) in [7, 11) is 0. The van der Waals surface area contributed by atoms with Crippen LogP contribution in [0.4, 0.5) is 0 Å². The average Bonchev–Trinajstić information content (AvgIpc) is 3.53. The van der Waals surface area contributed by atoms with E-state index in [1.807, 2.05) is 18.2 Å². The first-order valence-corrected chi connectivity index (χ1v) is 20.4. The normalized spacial score (nSPS) is 12.7. The lowest BCUT2D eigenvalue weighted by Crippen LogP contribution is -2.14. The van der Waals surface area contributed by atoms with Gasteiger partial charge in [-0.2, -0.15) is 0 Å². The Morgan fingerprint density at radius 1 is 0.322 bits per heavy atom. The minimum Gasteiger partial charge on any atom is -0.228 e. The Hall–Kier alpha value is -7.42. The fourth-order valence-electron chi connectivity index (χ4n) is 9.26. The van der Waals surface area contributed by atoms with Crippen molar-refractivity contribution in [3.05, 3.63) is 217 Å². The number of hydrogen-bond acceptors (Lipinski definition) is 2. The van der Waals surface area contributed by atoms with E-state index in [9.17, 15) is 0 Å². The molecule has 0 aliphatic heterocycles. The van der Waals surface area contributed by atoms with Crippen molar-refractivity contribution in [1.82, 2.24) is 9.97 Å². The van der Waals surface area contributed by atoms with Gasteiger partial charge in [-0.1, -0.05) is 196 Å². The van der Waals surface area contributed by atoms with E-state index in [1.54, 1.807) is 0 Å². The summed E-state index contributed by atoms with van der Waals surface area (Å²) in [5.74, 6) is 0.708. The lowest BCUT2D eigenvalue weighted by molar-refractivity contribution is 0.661. The number of aromatic nitrogens is 2. The monoisotopic (exact) mass is 752 g/mol. The van der Waals surface area contributed by atoms with E-state index in [0.29, 0.717) is 5.82 Å². The third-order valence-corrected chi connectivity index (χ3v) is 12.3. The van der Waals surface area contributed by atoms with Crippen molar-refractivity contribution in [2.24, 2.45) is 0 Å². The number of fused-ring (bicyclic) bond motifs is 5. The van der Waals surface area contributed by atoms with Crippen molar-refractivity contribution in [3.63, 3.8) is 0 Å². The van der Waals surface area contributed by atoms with Gasteiger partial charge in [-0.25, -0.2) is 9.97 Å². The highest BCUT2D eigenvalue weighted by Gasteiger charge is 2.37. The van der Waals surface area contributed by atoms with E-state index in [-0.39, 0.29) is 5.41 Å². The molecule has 0 bridgehead atoms. The zero-order valence-electron chi connectivity index (χ0n) is 33.0. The van der Waals surface area contributed by atoms with Crippen LogP contribution in [-0.2, 0) is 5.41 Å². The highest BCUT2D eigenvalue weighted by molar-refractivity contribution is 6.06. The summed E-state index contributed by atoms with van der Waals surface area (Å²) in [6.45, 7) is 4.73. The van der Waals surface area contributed by atoms with Crippen LogP contribution < -0.4 is 0 Å². The Bertz CT molecular complexity index is 3220. The van der Waals surface area contributed by atoms with Crippen molar-refractivity contribution in [2.45, 2.75) is 19.3 Å². The van der Waals surface area contributed by atoms with Crippen LogP contribution in [0.1, 0.15) is 25.0 Å². The molecule has 0 unspecified atom stereocenters. The summed E-state index contributed by atoms with van der Waals surface area (Å²) in [6.07, 6.45) is 0. The maximum absolute atomic E-state index is 5.24. The molecular weight excluding hydrogens is 713 g/mol. The van der Waals surface area contributed by atoms with E-state index < -0.39 is 0 Å². The van der Waals surface area contributed by atoms with Gasteiger partial charge in [0.1, 0.15) is 0 Å². The van der Waals surface area contributed by atoms with Crippen LogP contribution in [0.15, 0.2) is 206 Å². The average molecular weight is 753 g/mol. The third kappa shape index (κ3) is 5.96. The van der Waals surface area contributed by atoms with E-state index in [1.165, 1.54) is 71.8 Å². The Kier molecular flexibility index (Phi) is 8.20. The SMILES string of the molecule is CC1(C)c2cc3ccccc3cc2-c2c(-c3cccc(-c4ccc(-c5cc(-c6ccc(-c7ccccc7)cc6)nc(-c6ccccc6)n5)c5ccccc45)c3)cccc21. The van der Waals surface area contributed by atoms with Crippen LogP contribution in [0.5, 0.6) is 0 Å². The Morgan fingerprint density at radius 3 is 1.61 bits per heavy atom.